The molecule has 2 aromatic rings. The average molecular weight is 420 g/mol. The monoisotopic (exact) mass is 419 g/mol. The first-order valence-electron chi connectivity index (χ1n) is 8.94. The lowest BCUT2D eigenvalue weighted by Crippen LogP contribution is -2.39. The van der Waals surface area contributed by atoms with Gasteiger partial charge in [0.1, 0.15) is 5.75 Å². The number of benzene rings is 2. The third-order valence-corrected chi connectivity index (χ3v) is 6.73. The van der Waals surface area contributed by atoms with E-state index in [2.05, 4.69) is 0 Å². The molecule has 0 saturated carbocycles. The SMILES string of the molecule is COc1ccc(CN(C(=O)/C=C/c2ccc(Cl)cc2)[C@@H]2CCS(=O)(=O)C2)cc1. The Balaban J connectivity index is 1.80. The summed E-state index contributed by atoms with van der Waals surface area (Å²) in [5.74, 6) is 0.634. The van der Waals surface area contributed by atoms with Crippen molar-refractivity contribution in [1.29, 1.82) is 0 Å². The van der Waals surface area contributed by atoms with Crippen LogP contribution in [0, 0.1) is 0 Å². The van der Waals surface area contributed by atoms with Gasteiger partial charge in [-0.1, -0.05) is 35.9 Å². The van der Waals surface area contributed by atoms with E-state index < -0.39 is 9.84 Å². The molecule has 0 aromatic heterocycles. The quantitative estimate of drug-likeness (QED) is 0.671. The van der Waals surface area contributed by atoms with Crippen LogP contribution < -0.4 is 4.74 Å². The van der Waals surface area contributed by atoms with Crippen molar-refractivity contribution in [2.75, 3.05) is 18.6 Å². The van der Waals surface area contributed by atoms with Gasteiger partial charge in [-0.2, -0.15) is 0 Å². The molecule has 1 heterocycles. The van der Waals surface area contributed by atoms with Crippen molar-refractivity contribution in [2.24, 2.45) is 0 Å². The summed E-state index contributed by atoms with van der Waals surface area (Å²) >= 11 is 5.88. The zero-order valence-corrected chi connectivity index (χ0v) is 17.1. The first kappa shape index (κ1) is 20.4. The molecule has 1 aliphatic heterocycles. The number of ether oxygens (including phenoxy) is 1. The van der Waals surface area contributed by atoms with E-state index in [9.17, 15) is 13.2 Å². The number of sulfone groups is 1. The highest BCUT2D eigenvalue weighted by molar-refractivity contribution is 7.91. The Morgan fingerprint density at radius 3 is 2.43 bits per heavy atom. The molecular weight excluding hydrogens is 398 g/mol. The van der Waals surface area contributed by atoms with Gasteiger partial charge < -0.3 is 9.64 Å². The van der Waals surface area contributed by atoms with Crippen molar-refractivity contribution in [3.05, 3.63) is 70.8 Å². The summed E-state index contributed by atoms with van der Waals surface area (Å²) in [7, 11) is -1.51. The standard InChI is InChI=1S/C21H22ClNO4S/c1-27-20-9-4-17(5-10-20)14-23(19-12-13-28(25,26)15-19)21(24)11-6-16-2-7-18(22)8-3-16/h2-11,19H,12-15H2,1H3/b11-6+/t19-/m1/s1. The fourth-order valence-corrected chi connectivity index (χ4v) is 5.03. The molecule has 1 fully saturated rings. The van der Waals surface area contributed by atoms with E-state index in [1.807, 2.05) is 36.4 Å². The van der Waals surface area contributed by atoms with Gasteiger partial charge in [-0.15, -0.1) is 0 Å². The maximum Gasteiger partial charge on any atom is 0.247 e. The van der Waals surface area contributed by atoms with Gasteiger partial charge >= 0.3 is 0 Å². The minimum atomic E-state index is -3.10. The number of rotatable bonds is 6. The molecule has 5 nitrogen and oxygen atoms in total. The van der Waals surface area contributed by atoms with E-state index in [0.717, 1.165) is 16.9 Å². The number of hydrogen-bond donors (Lipinski definition) is 0. The van der Waals surface area contributed by atoms with E-state index in [0.29, 0.717) is 18.0 Å². The summed E-state index contributed by atoms with van der Waals surface area (Å²) in [6.07, 6.45) is 3.65. The number of carbonyl (C=O) groups is 1. The predicted octanol–water partition coefficient (Wildman–Crippen LogP) is 3.58. The second-order valence-corrected chi connectivity index (χ2v) is 9.42. The first-order chi connectivity index (χ1) is 13.4. The van der Waals surface area contributed by atoms with Gasteiger partial charge in [0, 0.05) is 23.7 Å². The van der Waals surface area contributed by atoms with Crippen LogP contribution in [-0.2, 0) is 21.2 Å². The third-order valence-electron chi connectivity index (χ3n) is 4.73. The lowest BCUT2D eigenvalue weighted by molar-refractivity contribution is -0.128. The number of nitrogens with zero attached hydrogens (tertiary/aromatic N) is 1. The van der Waals surface area contributed by atoms with Crippen molar-refractivity contribution >= 4 is 33.4 Å². The lowest BCUT2D eigenvalue weighted by atomic mass is 10.1. The van der Waals surface area contributed by atoms with Crippen LogP contribution >= 0.6 is 11.6 Å². The molecule has 3 rings (SSSR count). The van der Waals surface area contributed by atoms with Crippen LogP contribution in [0.3, 0.4) is 0 Å². The molecule has 1 aliphatic rings. The molecule has 1 saturated heterocycles. The van der Waals surface area contributed by atoms with Crippen LogP contribution in [0.15, 0.2) is 54.6 Å². The van der Waals surface area contributed by atoms with Crippen molar-refractivity contribution < 1.29 is 17.9 Å². The third kappa shape index (κ3) is 5.36. The van der Waals surface area contributed by atoms with Crippen molar-refractivity contribution in [3.63, 3.8) is 0 Å². The second-order valence-electron chi connectivity index (χ2n) is 6.76. The van der Waals surface area contributed by atoms with Gasteiger partial charge in [0.15, 0.2) is 9.84 Å². The van der Waals surface area contributed by atoms with Crippen LogP contribution in [0.4, 0.5) is 0 Å². The van der Waals surface area contributed by atoms with E-state index in [-0.39, 0.29) is 23.5 Å². The first-order valence-corrected chi connectivity index (χ1v) is 11.1. The summed E-state index contributed by atoms with van der Waals surface area (Å²) in [6, 6.07) is 14.2. The van der Waals surface area contributed by atoms with E-state index >= 15 is 0 Å². The largest absolute Gasteiger partial charge is 0.497 e. The molecule has 1 amide bonds. The van der Waals surface area contributed by atoms with Gasteiger partial charge in [0.05, 0.1) is 18.6 Å². The zero-order valence-electron chi connectivity index (χ0n) is 15.5. The molecule has 0 radical (unpaired) electrons. The molecule has 0 unspecified atom stereocenters. The second kappa shape index (κ2) is 8.80. The molecule has 28 heavy (non-hydrogen) atoms. The predicted molar refractivity (Wildman–Crippen MR) is 111 cm³/mol. The highest BCUT2D eigenvalue weighted by Crippen LogP contribution is 2.22. The number of methoxy groups -OCH3 is 1. The van der Waals surface area contributed by atoms with Crippen LogP contribution in [0.1, 0.15) is 17.5 Å². The molecule has 1 atom stereocenters. The molecule has 0 aliphatic carbocycles. The minimum absolute atomic E-state index is 0.00365. The molecule has 148 valence electrons. The van der Waals surface area contributed by atoms with Crippen LogP contribution in [-0.4, -0.2) is 43.9 Å². The number of hydrogen-bond acceptors (Lipinski definition) is 4. The molecule has 0 spiro atoms. The summed E-state index contributed by atoms with van der Waals surface area (Å²) < 4.78 is 29.0. The van der Waals surface area contributed by atoms with Crippen LogP contribution in [0.2, 0.25) is 5.02 Å². The van der Waals surface area contributed by atoms with E-state index in [1.54, 1.807) is 30.2 Å². The smallest absolute Gasteiger partial charge is 0.247 e. The molecule has 0 bridgehead atoms. The topological polar surface area (TPSA) is 63.7 Å². The Hall–Kier alpha value is -2.31. The zero-order chi connectivity index (χ0) is 20.1. The summed E-state index contributed by atoms with van der Waals surface area (Å²) in [4.78, 5) is 14.5. The Labute approximate surface area is 170 Å². The van der Waals surface area contributed by atoms with Crippen molar-refractivity contribution in [3.8, 4) is 5.75 Å². The van der Waals surface area contributed by atoms with Crippen LogP contribution in [0.25, 0.3) is 6.08 Å². The van der Waals surface area contributed by atoms with Crippen molar-refractivity contribution in [2.45, 2.75) is 19.0 Å². The van der Waals surface area contributed by atoms with Crippen LogP contribution in [0.5, 0.6) is 5.75 Å². The maximum atomic E-state index is 12.9. The lowest BCUT2D eigenvalue weighted by Gasteiger charge is -2.27. The Kier molecular flexibility index (Phi) is 6.42. The summed E-state index contributed by atoms with van der Waals surface area (Å²) in [5, 5.41) is 0.626. The Morgan fingerprint density at radius 2 is 1.86 bits per heavy atom. The van der Waals surface area contributed by atoms with Gasteiger partial charge in [-0.3, -0.25) is 4.79 Å². The fraction of sp³-hybridized carbons (Fsp3) is 0.286. The number of amides is 1. The highest BCUT2D eigenvalue weighted by atomic mass is 35.5. The average Bonchev–Trinajstić information content (AvgIpc) is 3.05. The molecule has 0 N–H and O–H groups in total. The van der Waals surface area contributed by atoms with Gasteiger partial charge in [-0.05, 0) is 47.9 Å². The Morgan fingerprint density at radius 1 is 1.18 bits per heavy atom. The van der Waals surface area contributed by atoms with Gasteiger partial charge in [0.2, 0.25) is 5.91 Å². The number of halogens is 1. The van der Waals surface area contributed by atoms with Crippen molar-refractivity contribution in [1.82, 2.24) is 4.90 Å². The maximum absolute atomic E-state index is 12.9. The summed E-state index contributed by atoms with van der Waals surface area (Å²) in [5.41, 5.74) is 1.76. The fourth-order valence-electron chi connectivity index (χ4n) is 3.17. The molecule has 7 heteroatoms. The molecule has 2 aromatic carbocycles. The Bertz CT molecular complexity index is 953. The minimum Gasteiger partial charge on any atom is -0.497 e. The van der Waals surface area contributed by atoms with Gasteiger partial charge in [-0.25, -0.2) is 8.42 Å². The summed E-state index contributed by atoms with van der Waals surface area (Å²) in [6.45, 7) is 0.341. The van der Waals surface area contributed by atoms with E-state index in [4.69, 9.17) is 16.3 Å². The highest BCUT2D eigenvalue weighted by Gasteiger charge is 2.34. The van der Waals surface area contributed by atoms with Gasteiger partial charge in [0.25, 0.3) is 0 Å². The normalized spacial score (nSPS) is 18.3. The number of carbonyl (C=O) groups excluding carboxylic acids is 1. The van der Waals surface area contributed by atoms with E-state index in [1.165, 1.54) is 6.08 Å². The molecular formula is C21H22ClNO4S.